The maximum atomic E-state index is 13.7. The average Bonchev–Trinajstić information content (AvgIpc) is 3.11. The molecule has 0 radical (unpaired) electrons. The normalized spacial score (nSPS) is 16.1. The molecule has 29 heavy (non-hydrogen) atoms. The van der Waals surface area contributed by atoms with Crippen LogP contribution in [0.5, 0.6) is 0 Å². The minimum atomic E-state index is 0.0730. The first-order valence-electron chi connectivity index (χ1n) is 10.00. The Morgan fingerprint density at radius 2 is 1.83 bits per heavy atom. The van der Waals surface area contributed by atoms with Crippen molar-refractivity contribution in [2.24, 2.45) is 5.92 Å². The van der Waals surface area contributed by atoms with Gasteiger partial charge in [-0.05, 0) is 48.4 Å². The zero-order valence-electron chi connectivity index (χ0n) is 16.3. The van der Waals surface area contributed by atoms with E-state index in [2.05, 4.69) is 19.1 Å². The van der Waals surface area contributed by atoms with Gasteiger partial charge in [-0.25, -0.2) is 4.98 Å². The molecule has 1 aliphatic rings. The summed E-state index contributed by atoms with van der Waals surface area (Å²) < 4.78 is 1.81. The number of hydrogen-bond donors (Lipinski definition) is 0. The average molecular weight is 419 g/mol. The van der Waals surface area contributed by atoms with Crippen LogP contribution in [0.3, 0.4) is 0 Å². The molecule has 3 nitrogen and oxygen atoms in total. The number of nitrogens with zero attached hydrogens (tertiary/aromatic N) is 2. The van der Waals surface area contributed by atoms with Gasteiger partial charge in [-0.1, -0.05) is 67.2 Å². The van der Waals surface area contributed by atoms with E-state index in [4.69, 9.17) is 4.98 Å². The molecule has 0 unspecified atom stereocenters. The number of para-hydroxylation sites is 1. The lowest BCUT2D eigenvalue weighted by Gasteiger charge is -2.17. The summed E-state index contributed by atoms with van der Waals surface area (Å²) >= 11 is 3.35. The van der Waals surface area contributed by atoms with Crippen LogP contribution >= 0.6 is 23.1 Å². The van der Waals surface area contributed by atoms with Crippen molar-refractivity contribution in [1.29, 1.82) is 0 Å². The van der Waals surface area contributed by atoms with Gasteiger partial charge >= 0.3 is 0 Å². The number of rotatable bonds is 4. The third kappa shape index (κ3) is 3.53. The van der Waals surface area contributed by atoms with Crippen LogP contribution < -0.4 is 5.56 Å². The van der Waals surface area contributed by atoms with Gasteiger partial charge in [0.15, 0.2) is 5.16 Å². The van der Waals surface area contributed by atoms with Crippen LogP contribution in [0.1, 0.15) is 29.3 Å². The van der Waals surface area contributed by atoms with Gasteiger partial charge in [0.2, 0.25) is 0 Å². The van der Waals surface area contributed by atoms with Crippen LogP contribution in [0.2, 0.25) is 0 Å². The van der Waals surface area contributed by atoms with Crippen molar-refractivity contribution in [3.05, 3.63) is 87.0 Å². The van der Waals surface area contributed by atoms with E-state index in [0.29, 0.717) is 5.92 Å². The molecule has 0 saturated carbocycles. The van der Waals surface area contributed by atoms with Gasteiger partial charge < -0.3 is 0 Å². The summed E-state index contributed by atoms with van der Waals surface area (Å²) in [5, 5.41) is 1.61. The number of benzene rings is 2. The number of thioether (sulfide) groups is 1. The molecule has 0 spiro atoms. The minimum Gasteiger partial charge on any atom is -0.268 e. The highest BCUT2D eigenvalue weighted by Gasteiger charge is 2.25. The first-order valence-corrected chi connectivity index (χ1v) is 11.8. The standard InChI is InChI=1S/C24H22N2OS2/c1-16-12-13-19-20(14-16)29-22-21(19)23(27)26(18-10-6-3-7-11-18)24(25-22)28-15-17-8-4-2-5-9-17/h2-11,16H,12-15H2,1H3/t16-/m0/s1. The number of aromatic nitrogens is 2. The van der Waals surface area contributed by atoms with Crippen LogP contribution in [0, 0.1) is 5.92 Å². The van der Waals surface area contributed by atoms with Crippen molar-refractivity contribution >= 4 is 33.3 Å². The second-order valence-corrected chi connectivity index (χ2v) is 9.70. The molecule has 146 valence electrons. The smallest absolute Gasteiger partial charge is 0.267 e. The highest BCUT2D eigenvalue weighted by atomic mass is 32.2. The van der Waals surface area contributed by atoms with E-state index in [-0.39, 0.29) is 5.56 Å². The zero-order valence-corrected chi connectivity index (χ0v) is 17.9. The Balaban J connectivity index is 1.67. The summed E-state index contributed by atoms with van der Waals surface area (Å²) in [5.41, 5.74) is 3.42. The van der Waals surface area contributed by atoms with Crippen molar-refractivity contribution < 1.29 is 0 Å². The van der Waals surface area contributed by atoms with Crippen molar-refractivity contribution in [1.82, 2.24) is 9.55 Å². The topological polar surface area (TPSA) is 34.9 Å². The Labute approximate surface area is 178 Å². The molecule has 4 aromatic rings. The number of hydrogen-bond acceptors (Lipinski definition) is 4. The highest BCUT2D eigenvalue weighted by molar-refractivity contribution is 7.98. The first-order chi connectivity index (χ1) is 14.2. The first kappa shape index (κ1) is 18.6. The summed E-state index contributed by atoms with van der Waals surface area (Å²) in [6, 6.07) is 20.2. The van der Waals surface area contributed by atoms with Gasteiger partial charge in [0, 0.05) is 10.6 Å². The van der Waals surface area contributed by atoms with Crippen LogP contribution in [0.25, 0.3) is 15.9 Å². The fraction of sp³-hybridized carbons (Fsp3) is 0.250. The molecule has 5 rings (SSSR count). The van der Waals surface area contributed by atoms with Gasteiger partial charge in [0.25, 0.3) is 5.56 Å². The van der Waals surface area contributed by atoms with Crippen LogP contribution in [-0.2, 0) is 18.6 Å². The number of thiophene rings is 1. The van der Waals surface area contributed by atoms with E-state index in [0.717, 1.165) is 46.1 Å². The monoisotopic (exact) mass is 418 g/mol. The summed E-state index contributed by atoms with van der Waals surface area (Å²) in [5.74, 6) is 1.46. The predicted molar refractivity (Wildman–Crippen MR) is 122 cm³/mol. The number of fused-ring (bicyclic) bond motifs is 3. The Hall–Kier alpha value is -2.37. The number of aryl methyl sites for hydroxylation is 1. The predicted octanol–water partition coefficient (Wildman–Crippen LogP) is 5.86. The molecule has 0 aliphatic heterocycles. The molecule has 2 aromatic carbocycles. The molecule has 0 bridgehead atoms. The largest absolute Gasteiger partial charge is 0.268 e. The van der Waals surface area contributed by atoms with Gasteiger partial charge in [0.05, 0.1) is 11.1 Å². The quantitative estimate of drug-likeness (QED) is 0.307. The van der Waals surface area contributed by atoms with E-state index < -0.39 is 0 Å². The van der Waals surface area contributed by atoms with Crippen molar-refractivity contribution in [2.45, 2.75) is 37.1 Å². The Kier molecular flexibility index (Phi) is 5.02. The van der Waals surface area contributed by atoms with Crippen molar-refractivity contribution in [3.8, 4) is 5.69 Å². The van der Waals surface area contributed by atoms with Crippen molar-refractivity contribution in [2.75, 3.05) is 0 Å². The van der Waals surface area contributed by atoms with Crippen LogP contribution in [-0.4, -0.2) is 9.55 Å². The molecular weight excluding hydrogens is 396 g/mol. The fourth-order valence-electron chi connectivity index (χ4n) is 3.99. The lowest BCUT2D eigenvalue weighted by atomic mass is 9.89. The van der Waals surface area contributed by atoms with Crippen molar-refractivity contribution in [3.63, 3.8) is 0 Å². The molecule has 2 aromatic heterocycles. The molecule has 0 fully saturated rings. The summed E-state index contributed by atoms with van der Waals surface area (Å²) in [6.07, 6.45) is 3.19. The van der Waals surface area contributed by atoms with Gasteiger partial charge in [-0.15, -0.1) is 11.3 Å². The third-order valence-corrected chi connectivity index (χ3v) is 7.68. The molecule has 1 atom stereocenters. The van der Waals surface area contributed by atoms with E-state index in [1.807, 2.05) is 48.5 Å². The van der Waals surface area contributed by atoms with E-state index in [1.165, 1.54) is 16.0 Å². The molecule has 2 heterocycles. The van der Waals surface area contributed by atoms with Crippen LogP contribution in [0.4, 0.5) is 0 Å². The molecule has 1 aliphatic carbocycles. The van der Waals surface area contributed by atoms with E-state index >= 15 is 0 Å². The Bertz CT molecular complexity index is 1210. The second-order valence-electron chi connectivity index (χ2n) is 7.68. The SMILES string of the molecule is C[C@H]1CCc2c(sc3nc(SCc4ccccc4)n(-c4ccccc4)c(=O)c23)C1. The molecule has 0 amide bonds. The summed E-state index contributed by atoms with van der Waals surface area (Å²) in [6.45, 7) is 2.30. The third-order valence-electron chi connectivity index (χ3n) is 5.52. The Morgan fingerprint density at radius 1 is 1.10 bits per heavy atom. The second kappa shape index (κ2) is 7.81. The fourth-order valence-corrected chi connectivity index (χ4v) is 6.39. The summed E-state index contributed by atoms with van der Waals surface area (Å²) in [7, 11) is 0. The molecule has 0 saturated heterocycles. The molecule has 5 heteroatoms. The summed E-state index contributed by atoms with van der Waals surface area (Å²) in [4.78, 5) is 20.9. The van der Waals surface area contributed by atoms with Gasteiger partial charge in [0.1, 0.15) is 4.83 Å². The lowest BCUT2D eigenvalue weighted by Crippen LogP contribution is -2.22. The van der Waals surface area contributed by atoms with E-state index in [9.17, 15) is 4.79 Å². The molecule has 0 N–H and O–H groups in total. The van der Waals surface area contributed by atoms with E-state index in [1.54, 1.807) is 27.7 Å². The maximum absolute atomic E-state index is 13.7. The maximum Gasteiger partial charge on any atom is 0.267 e. The van der Waals surface area contributed by atoms with Gasteiger partial charge in [-0.2, -0.15) is 0 Å². The molecular formula is C24H22N2OS2. The lowest BCUT2D eigenvalue weighted by molar-refractivity contribution is 0.509. The highest BCUT2D eigenvalue weighted by Crippen LogP contribution is 2.37. The van der Waals surface area contributed by atoms with Crippen LogP contribution in [0.15, 0.2) is 70.6 Å². The Morgan fingerprint density at radius 3 is 2.59 bits per heavy atom. The van der Waals surface area contributed by atoms with Gasteiger partial charge in [-0.3, -0.25) is 9.36 Å². The minimum absolute atomic E-state index is 0.0730. The zero-order chi connectivity index (χ0) is 19.8.